The molecule has 2 nitrogen and oxygen atoms in total. The van der Waals surface area contributed by atoms with Crippen LogP contribution in [0.15, 0.2) is 24.3 Å². The minimum absolute atomic E-state index is 0.159. The van der Waals surface area contributed by atoms with E-state index in [0.29, 0.717) is 12.2 Å². The topological polar surface area (TPSA) is 30.0 Å². The monoisotopic (exact) mass is 287 g/mol. The summed E-state index contributed by atoms with van der Waals surface area (Å²) in [4.78, 5) is 17.2. The van der Waals surface area contributed by atoms with Crippen molar-refractivity contribution < 1.29 is 4.79 Å². The van der Waals surface area contributed by atoms with Gasteiger partial charge in [0.05, 0.1) is 16.6 Å². The molecule has 3 rings (SSSR count). The first-order chi connectivity index (χ1) is 9.56. The number of benzene rings is 1. The highest BCUT2D eigenvalue weighted by molar-refractivity contribution is 7.18. The van der Waals surface area contributed by atoms with Gasteiger partial charge in [-0.05, 0) is 30.4 Å². The number of thiazole rings is 1. The number of rotatable bonds is 3. The summed E-state index contributed by atoms with van der Waals surface area (Å²) in [5, 5.41) is 0.970. The quantitative estimate of drug-likeness (QED) is 0.824. The summed E-state index contributed by atoms with van der Waals surface area (Å²) in [6, 6.07) is 8.12. The number of para-hydroxylation sites is 1. The average molecular weight is 287 g/mol. The fraction of sp³-hybridized carbons (Fsp3) is 0.529. The van der Waals surface area contributed by atoms with Gasteiger partial charge < -0.3 is 0 Å². The van der Waals surface area contributed by atoms with Crippen LogP contribution in [0.5, 0.6) is 0 Å². The molecule has 20 heavy (non-hydrogen) atoms. The van der Waals surface area contributed by atoms with Crippen molar-refractivity contribution in [2.75, 3.05) is 0 Å². The molecule has 1 unspecified atom stereocenters. The van der Waals surface area contributed by atoms with Gasteiger partial charge in [0.2, 0.25) is 0 Å². The fourth-order valence-corrected chi connectivity index (χ4v) is 4.34. The van der Waals surface area contributed by atoms with E-state index in [9.17, 15) is 4.79 Å². The van der Waals surface area contributed by atoms with Crippen molar-refractivity contribution in [3.8, 4) is 0 Å². The highest BCUT2D eigenvalue weighted by Gasteiger charge is 2.36. The van der Waals surface area contributed by atoms with Crippen LogP contribution in [-0.4, -0.2) is 10.8 Å². The number of Topliss-reactive ketones (excluding diaryl/α,β-unsaturated/α-hetero) is 1. The lowest BCUT2D eigenvalue weighted by molar-refractivity contribution is -0.127. The van der Waals surface area contributed by atoms with Gasteiger partial charge >= 0.3 is 0 Å². The lowest BCUT2D eigenvalue weighted by atomic mass is 9.67. The molecule has 1 aliphatic rings. The number of hydrogen-bond donors (Lipinski definition) is 0. The van der Waals surface area contributed by atoms with Gasteiger partial charge in [0, 0.05) is 5.92 Å². The van der Waals surface area contributed by atoms with Gasteiger partial charge in [-0.3, -0.25) is 4.79 Å². The van der Waals surface area contributed by atoms with Crippen LogP contribution in [-0.2, 0) is 11.2 Å². The molecule has 1 aromatic heterocycles. The maximum atomic E-state index is 12.6. The second-order valence-electron chi connectivity index (χ2n) is 6.51. The van der Waals surface area contributed by atoms with E-state index in [1.807, 2.05) is 18.2 Å². The smallest absolute Gasteiger partial charge is 0.143 e. The Morgan fingerprint density at radius 2 is 2.15 bits per heavy atom. The molecule has 0 saturated heterocycles. The largest absolute Gasteiger partial charge is 0.299 e. The van der Waals surface area contributed by atoms with Crippen LogP contribution in [0.25, 0.3) is 10.2 Å². The average Bonchev–Trinajstić information content (AvgIpc) is 2.80. The van der Waals surface area contributed by atoms with Crippen molar-refractivity contribution >= 4 is 27.3 Å². The Hall–Kier alpha value is -1.22. The van der Waals surface area contributed by atoms with Crippen LogP contribution in [0.3, 0.4) is 0 Å². The number of hydrogen-bond acceptors (Lipinski definition) is 3. The summed E-state index contributed by atoms with van der Waals surface area (Å²) in [6.45, 7) is 4.49. The van der Waals surface area contributed by atoms with Crippen molar-refractivity contribution in [2.24, 2.45) is 11.3 Å². The summed E-state index contributed by atoms with van der Waals surface area (Å²) >= 11 is 1.66. The molecule has 106 valence electrons. The molecule has 1 atom stereocenters. The summed E-state index contributed by atoms with van der Waals surface area (Å²) in [5.74, 6) is 0.594. The number of ketones is 1. The maximum Gasteiger partial charge on any atom is 0.143 e. The standard InChI is InChI=1S/C17H21NOS/c1-17(2)10-6-5-7-12(17)14(19)11-16-18-13-8-3-4-9-15(13)20-16/h3-4,8-9,12H,5-7,10-11H2,1-2H3. The zero-order valence-electron chi connectivity index (χ0n) is 12.2. The molecule has 0 amide bonds. The van der Waals surface area contributed by atoms with Gasteiger partial charge in [-0.25, -0.2) is 4.98 Å². The zero-order chi connectivity index (χ0) is 14.2. The third-order valence-electron chi connectivity index (χ3n) is 4.56. The van der Waals surface area contributed by atoms with E-state index in [2.05, 4.69) is 24.9 Å². The molecular formula is C17H21NOS. The van der Waals surface area contributed by atoms with Crippen LogP contribution in [0.1, 0.15) is 44.5 Å². The van der Waals surface area contributed by atoms with Gasteiger partial charge in [-0.1, -0.05) is 38.8 Å². The van der Waals surface area contributed by atoms with E-state index < -0.39 is 0 Å². The lowest BCUT2D eigenvalue weighted by Crippen LogP contribution is -2.34. The van der Waals surface area contributed by atoms with Crippen LogP contribution in [0, 0.1) is 11.3 Å². The number of aromatic nitrogens is 1. The number of nitrogens with zero attached hydrogens (tertiary/aromatic N) is 1. The number of carbonyl (C=O) groups is 1. The highest BCUT2D eigenvalue weighted by atomic mass is 32.1. The normalized spacial score (nSPS) is 22.0. The predicted octanol–water partition coefficient (Wildman–Crippen LogP) is 4.62. The van der Waals surface area contributed by atoms with Crippen LogP contribution >= 0.6 is 11.3 Å². The molecule has 0 bridgehead atoms. The van der Waals surface area contributed by atoms with Crippen molar-refractivity contribution in [1.82, 2.24) is 4.98 Å². The van der Waals surface area contributed by atoms with Crippen LogP contribution < -0.4 is 0 Å². The predicted molar refractivity (Wildman–Crippen MR) is 84.1 cm³/mol. The number of carbonyl (C=O) groups excluding carboxylic acids is 1. The van der Waals surface area contributed by atoms with Gasteiger partial charge in [0.1, 0.15) is 10.8 Å². The third-order valence-corrected chi connectivity index (χ3v) is 5.60. The van der Waals surface area contributed by atoms with Gasteiger partial charge in [0.25, 0.3) is 0 Å². The van der Waals surface area contributed by atoms with Crippen molar-refractivity contribution in [1.29, 1.82) is 0 Å². The molecule has 1 heterocycles. The summed E-state index contributed by atoms with van der Waals surface area (Å²) in [7, 11) is 0. The second-order valence-corrected chi connectivity index (χ2v) is 7.62. The zero-order valence-corrected chi connectivity index (χ0v) is 13.0. The highest BCUT2D eigenvalue weighted by Crippen LogP contribution is 2.41. The van der Waals surface area contributed by atoms with E-state index in [-0.39, 0.29) is 11.3 Å². The Labute approximate surface area is 124 Å². The molecule has 2 aromatic rings. The Morgan fingerprint density at radius 1 is 1.35 bits per heavy atom. The minimum Gasteiger partial charge on any atom is -0.299 e. The second kappa shape index (κ2) is 5.28. The van der Waals surface area contributed by atoms with Crippen molar-refractivity contribution in [3.63, 3.8) is 0 Å². The fourth-order valence-electron chi connectivity index (χ4n) is 3.36. The molecule has 0 aliphatic heterocycles. The van der Waals surface area contributed by atoms with Gasteiger partial charge in [-0.15, -0.1) is 11.3 Å². The summed E-state index contributed by atoms with van der Waals surface area (Å²) in [5.41, 5.74) is 1.18. The molecule has 1 aliphatic carbocycles. The first-order valence-corrected chi connectivity index (χ1v) is 8.25. The minimum atomic E-state index is 0.159. The Balaban J connectivity index is 1.78. The molecule has 3 heteroatoms. The molecule has 0 spiro atoms. The van der Waals surface area contributed by atoms with Crippen molar-refractivity contribution in [2.45, 2.75) is 46.0 Å². The van der Waals surface area contributed by atoms with Gasteiger partial charge in [-0.2, -0.15) is 0 Å². The van der Waals surface area contributed by atoms with E-state index in [4.69, 9.17) is 0 Å². The first kappa shape index (κ1) is 13.7. The molecule has 1 aromatic carbocycles. The molecular weight excluding hydrogens is 266 g/mol. The number of fused-ring (bicyclic) bond motifs is 1. The van der Waals surface area contributed by atoms with E-state index in [1.54, 1.807) is 11.3 Å². The van der Waals surface area contributed by atoms with Gasteiger partial charge in [0.15, 0.2) is 0 Å². The van der Waals surface area contributed by atoms with E-state index in [0.717, 1.165) is 16.9 Å². The first-order valence-electron chi connectivity index (χ1n) is 7.43. The Morgan fingerprint density at radius 3 is 2.90 bits per heavy atom. The molecule has 1 saturated carbocycles. The van der Waals surface area contributed by atoms with E-state index >= 15 is 0 Å². The SMILES string of the molecule is CC1(C)CCCCC1C(=O)Cc1nc2ccccc2s1. The van der Waals surface area contributed by atoms with E-state index in [1.165, 1.54) is 24.0 Å². The summed E-state index contributed by atoms with van der Waals surface area (Å²) in [6.07, 6.45) is 5.19. The third kappa shape index (κ3) is 2.64. The molecule has 0 radical (unpaired) electrons. The van der Waals surface area contributed by atoms with Crippen LogP contribution in [0.2, 0.25) is 0 Å². The Kier molecular flexibility index (Phi) is 3.63. The lowest BCUT2D eigenvalue weighted by Gasteiger charge is -2.37. The maximum absolute atomic E-state index is 12.6. The summed E-state index contributed by atoms with van der Waals surface area (Å²) < 4.78 is 1.18. The molecule has 1 fully saturated rings. The van der Waals surface area contributed by atoms with Crippen LogP contribution in [0.4, 0.5) is 0 Å². The molecule has 0 N–H and O–H groups in total. The Bertz CT molecular complexity index is 596. The van der Waals surface area contributed by atoms with Crippen molar-refractivity contribution in [3.05, 3.63) is 29.3 Å².